The fraction of sp³-hybridized carbons (Fsp3) is 0.229. The van der Waals surface area contributed by atoms with E-state index in [9.17, 15) is 4.79 Å². The zero-order valence-electron chi connectivity index (χ0n) is 23.6. The molecule has 1 amide bonds. The van der Waals surface area contributed by atoms with E-state index < -0.39 is 0 Å². The van der Waals surface area contributed by atoms with Crippen molar-refractivity contribution in [1.29, 1.82) is 0 Å². The van der Waals surface area contributed by atoms with Crippen LogP contribution in [0.3, 0.4) is 0 Å². The van der Waals surface area contributed by atoms with Gasteiger partial charge in [0, 0.05) is 49.6 Å². The maximum absolute atomic E-state index is 13.1. The molecule has 0 aliphatic rings. The van der Waals surface area contributed by atoms with Crippen molar-refractivity contribution in [1.82, 2.24) is 9.88 Å². The molecule has 1 atom stereocenters. The van der Waals surface area contributed by atoms with Gasteiger partial charge in [-0.1, -0.05) is 72.8 Å². The summed E-state index contributed by atoms with van der Waals surface area (Å²) in [5, 5.41) is 4.14. The van der Waals surface area contributed by atoms with Crippen LogP contribution in [-0.4, -0.2) is 37.8 Å². The fourth-order valence-electron chi connectivity index (χ4n) is 5.13. The first kappa shape index (κ1) is 28.0. The topological polar surface area (TPSA) is 61.7 Å². The van der Waals surface area contributed by atoms with Crippen molar-refractivity contribution in [3.05, 3.63) is 132 Å². The lowest BCUT2D eigenvalue weighted by Crippen LogP contribution is -2.28. The summed E-state index contributed by atoms with van der Waals surface area (Å²) < 4.78 is 18.9. The average molecular weight is 549 g/mol. The van der Waals surface area contributed by atoms with E-state index in [1.165, 1.54) is 5.56 Å². The molecule has 1 N–H and O–H groups in total. The summed E-state index contributed by atoms with van der Waals surface area (Å²) >= 11 is 0. The van der Waals surface area contributed by atoms with E-state index in [0.29, 0.717) is 32.7 Å². The first-order valence-corrected chi connectivity index (χ1v) is 13.9. The smallest absolute Gasteiger partial charge is 0.221 e. The Labute approximate surface area is 241 Å². The Morgan fingerprint density at radius 3 is 2.39 bits per heavy atom. The predicted molar refractivity (Wildman–Crippen MR) is 163 cm³/mol. The molecule has 210 valence electrons. The summed E-state index contributed by atoms with van der Waals surface area (Å²) in [7, 11) is 3.31. The number of carbonyl (C=O) groups excluding carboxylic acids is 1. The molecule has 0 radical (unpaired) electrons. The predicted octanol–water partition coefficient (Wildman–Crippen LogP) is 6.56. The minimum Gasteiger partial charge on any atom is -0.497 e. The summed E-state index contributed by atoms with van der Waals surface area (Å²) in [4.78, 5) is 13.1. The molecule has 0 aliphatic carbocycles. The highest BCUT2D eigenvalue weighted by molar-refractivity contribution is 5.87. The van der Waals surface area contributed by atoms with Gasteiger partial charge in [-0.2, -0.15) is 0 Å². The van der Waals surface area contributed by atoms with Crippen molar-refractivity contribution in [3.8, 4) is 11.5 Å². The Balaban J connectivity index is 1.49. The number of benzene rings is 4. The van der Waals surface area contributed by atoms with Gasteiger partial charge in [-0.15, -0.1) is 0 Å². The minimum atomic E-state index is -0.167. The van der Waals surface area contributed by atoms with Gasteiger partial charge in [-0.3, -0.25) is 4.79 Å². The highest BCUT2D eigenvalue weighted by Gasteiger charge is 2.23. The van der Waals surface area contributed by atoms with Crippen LogP contribution < -0.4 is 14.8 Å². The summed E-state index contributed by atoms with van der Waals surface area (Å²) in [6, 6.07) is 34.7. The van der Waals surface area contributed by atoms with Crippen LogP contribution >= 0.6 is 0 Å². The number of amides is 1. The summed E-state index contributed by atoms with van der Waals surface area (Å²) in [6.45, 7) is 2.13. The van der Waals surface area contributed by atoms with Gasteiger partial charge in [0.2, 0.25) is 5.91 Å². The van der Waals surface area contributed by atoms with Crippen molar-refractivity contribution < 1.29 is 19.0 Å². The molecule has 0 saturated heterocycles. The number of carbonyl (C=O) groups is 1. The molecule has 6 nitrogen and oxygen atoms in total. The Bertz CT molecular complexity index is 1560. The van der Waals surface area contributed by atoms with E-state index in [0.717, 1.165) is 39.1 Å². The van der Waals surface area contributed by atoms with Crippen LogP contribution in [0.1, 0.15) is 34.6 Å². The minimum absolute atomic E-state index is 0.0188. The number of rotatable bonds is 13. The van der Waals surface area contributed by atoms with Crippen LogP contribution in [0, 0.1) is 0 Å². The van der Waals surface area contributed by atoms with Crippen LogP contribution in [0.4, 0.5) is 0 Å². The lowest BCUT2D eigenvalue weighted by molar-refractivity contribution is -0.121. The molecule has 4 aromatic carbocycles. The second-order valence-electron chi connectivity index (χ2n) is 10.0. The lowest BCUT2D eigenvalue weighted by Gasteiger charge is -2.18. The first-order chi connectivity index (χ1) is 20.1. The van der Waals surface area contributed by atoms with Crippen LogP contribution in [0.15, 0.2) is 109 Å². The number of nitrogens with one attached hydrogen (secondary N) is 1. The van der Waals surface area contributed by atoms with Gasteiger partial charge in [0.1, 0.15) is 18.1 Å². The second kappa shape index (κ2) is 13.7. The molecule has 5 aromatic rings. The average Bonchev–Trinajstić information content (AvgIpc) is 3.38. The number of hydrogen-bond acceptors (Lipinski definition) is 4. The fourth-order valence-corrected chi connectivity index (χ4v) is 5.13. The van der Waals surface area contributed by atoms with Gasteiger partial charge in [-0.05, 0) is 52.6 Å². The number of aromatic nitrogens is 1. The Hall–Kier alpha value is -4.55. The van der Waals surface area contributed by atoms with E-state index in [4.69, 9.17) is 14.2 Å². The standard InChI is InChI=1S/C35H36N2O4/c1-39-20-19-36-35(38)22-32(28-11-8-12-30(21-28)41-25-27-9-4-3-5-10-27)33-24-37(34-14-7-6-13-31(33)34)23-26-15-17-29(40-2)18-16-26/h3-18,21,24,32H,19-20,22-23,25H2,1-2H3,(H,36,38). The summed E-state index contributed by atoms with van der Waals surface area (Å²) in [5.41, 5.74) is 5.54. The maximum Gasteiger partial charge on any atom is 0.221 e. The highest BCUT2D eigenvalue weighted by Crippen LogP contribution is 2.36. The Kier molecular flexibility index (Phi) is 9.34. The number of methoxy groups -OCH3 is 2. The number of hydrogen-bond donors (Lipinski definition) is 1. The summed E-state index contributed by atoms with van der Waals surface area (Å²) in [6.07, 6.45) is 2.50. The number of para-hydroxylation sites is 1. The van der Waals surface area contributed by atoms with Crippen molar-refractivity contribution >= 4 is 16.8 Å². The highest BCUT2D eigenvalue weighted by atomic mass is 16.5. The van der Waals surface area contributed by atoms with E-state index in [-0.39, 0.29) is 11.8 Å². The van der Waals surface area contributed by atoms with Crippen molar-refractivity contribution in [2.24, 2.45) is 0 Å². The molecular weight excluding hydrogens is 512 g/mol. The first-order valence-electron chi connectivity index (χ1n) is 13.9. The van der Waals surface area contributed by atoms with Gasteiger partial charge in [0.05, 0.1) is 13.7 Å². The zero-order chi connectivity index (χ0) is 28.4. The molecule has 0 saturated carbocycles. The molecule has 6 heteroatoms. The van der Waals surface area contributed by atoms with E-state index in [2.05, 4.69) is 76.7 Å². The van der Waals surface area contributed by atoms with Gasteiger partial charge in [0.25, 0.3) is 0 Å². The summed E-state index contributed by atoms with van der Waals surface area (Å²) in [5.74, 6) is 1.42. The number of nitrogens with zero attached hydrogens (tertiary/aromatic N) is 1. The van der Waals surface area contributed by atoms with Crippen molar-refractivity contribution in [2.75, 3.05) is 27.4 Å². The van der Waals surface area contributed by atoms with Crippen LogP contribution in [0.2, 0.25) is 0 Å². The van der Waals surface area contributed by atoms with E-state index in [1.807, 2.05) is 42.5 Å². The van der Waals surface area contributed by atoms with Gasteiger partial charge < -0.3 is 24.1 Å². The van der Waals surface area contributed by atoms with Crippen LogP contribution in [0.25, 0.3) is 10.9 Å². The molecule has 1 unspecified atom stereocenters. The van der Waals surface area contributed by atoms with Crippen molar-refractivity contribution in [3.63, 3.8) is 0 Å². The number of fused-ring (bicyclic) bond motifs is 1. The zero-order valence-corrected chi connectivity index (χ0v) is 23.6. The normalized spacial score (nSPS) is 11.8. The largest absolute Gasteiger partial charge is 0.497 e. The van der Waals surface area contributed by atoms with Crippen LogP contribution in [-0.2, 0) is 22.7 Å². The van der Waals surface area contributed by atoms with Crippen molar-refractivity contribution in [2.45, 2.75) is 25.5 Å². The molecule has 41 heavy (non-hydrogen) atoms. The number of ether oxygens (including phenoxy) is 3. The lowest BCUT2D eigenvalue weighted by atomic mass is 9.88. The third-order valence-electron chi connectivity index (χ3n) is 7.23. The van der Waals surface area contributed by atoms with E-state index >= 15 is 0 Å². The van der Waals surface area contributed by atoms with Gasteiger partial charge in [-0.25, -0.2) is 0 Å². The Morgan fingerprint density at radius 2 is 1.61 bits per heavy atom. The second-order valence-corrected chi connectivity index (χ2v) is 10.0. The van der Waals surface area contributed by atoms with Gasteiger partial charge in [0.15, 0.2) is 0 Å². The quantitative estimate of drug-likeness (QED) is 0.169. The van der Waals surface area contributed by atoms with Crippen LogP contribution in [0.5, 0.6) is 11.5 Å². The SMILES string of the molecule is COCCNC(=O)CC(c1cccc(OCc2ccccc2)c1)c1cn(Cc2ccc(OC)cc2)c2ccccc12. The molecule has 5 rings (SSSR count). The maximum atomic E-state index is 13.1. The molecule has 0 bridgehead atoms. The third-order valence-corrected chi connectivity index (χ3v) is 7.23. The molecule has 1 heterocycles. The monoisotopic (exact) mass is 548 g/mol. The van der Waals surface area contributed by atoms with E-state index in [1.54, 1.807) is 14.2 Å². The molecule has 0 fully saturated rings. The Morgan fingerprint density at radius 1 is 0.829 bits per heavy atom. The van der Waals surface area contributed by atoms with Gasteiger partial charge >= 0.3 is 0 Å². The molecule has 0 spiro atoms. The molecule has 0 aliphatic heterocycles. The third kappa shape index (κ3) is 7.16. The molecular formula is C35H36N2O4. The molecule has 1 aromatic heterocycles.